The van der Waals surface area contributed by atoms with Crippen LogP contribution in [-0.2, 0) is 6.42 Å². The molecule has 7 rings (SSSR count). The van der Waals surface area contributed by atoms with Gasteiger partial charge in [-0.05, 0) is 72.6 Å². The number of carbonyl (C=O) groups excluding carboxylic acids is 1. The van der Waals surface area contributed by atoms with Crippen molar-refractivity contribution in [2.45, 2.75) is 13.3 Å². The summed E-state index contributed by atoms with van der Waals surface area (Å²) in [6, 6.07) is 30.9. The Kier molecular flexibility index (Phi) is 6.62. The van der Waals surface area contributed by atoms with Gasteiger partial charge in [-0.25, -0.2) is 4.98 Å². The average Bonchev–Trinajstić information content (AvgIpc) is 3.71. The third-order valence-electron chi connectivity index (χ3n) is 6.86. The molecule has 1 aliphatic rings. The molecule has 0 saturated heterocycles. The maximum absolute atomic E-state index is 13.6. The minimum absolute atomic E-state index is 0.207. The molecule has 4 aromatic carbocycles. The maximum Gasteiger partial charge on any atom is 0.256 e. The van der Waals surface area contributed by atoms with Crippen LogP contribution in [0, 0.1) is 6.92 Å². The molecule has 0 radical (unpaired) electrons. The van der Waals surface area contributed by atoms with E-state index in [1.807, 2.05) is 72.8 Å². The van der Waals surface area contributed by atoms with Crippen molar-refractivity contribution >= 4 is 43.8 Å². The van der Waals surface area contributed by atoms with Gasteiger partial charge >= 0.3 is 0 Å². The number of hydrogen-bond donors (Lipinski definition) is 1. The second kappa shape index (κ2) is 10.7. The van der Waals surface area contributed by atoms with E-state index in [2.05, 4.69) is 24.4 Å². The van der Waals surface area contributed by atoms with Gasteiger partial charge < -0.3 is 19.5 Å². The monoisotopic (exact) mass is 576 g/mol. The normalized spacial score (nSPS) is 12.0. The number of hydrogen-bond acceptors (Lipinski definition) is 7. The first-order valence-corrected chi connectivity index (χ1v) is 14.7. The van der Waals surface area contributed by atoms with Gasteiger partial charge in [0, 0.05) is 22.4 Å². The summed E-state index contributed by atoms with van der Waals surface area (Å²) in [7, 11) is 0. The summed E-state index contributed by atoms with van der Waals surface area (Å²) in [5.41, 5.74) is 4.62. The van der Waals surface area contributed by atoms with E-state index in [0.29, 0.717) is 23.5 Å². The molecule has 3 heterocycles. The first-order valence-electron chi connectivity index (χ1n) is 13.1. The first kappa shape index (κ1) is 25.3. The van der Waals surface area contributed by atoms with Crippen LogP contribution in [0.25, 0.3) is 20.8 Å². The number of aromatic nitrogens is 1. The summed E-state index contributed by atoms with van der Waals surface area (Å²) >= 11 is 3.21. The van der Waals surface area contributed by atoms with Crippen molar-refractivity contribution in [2.24, 2.45) is 0 Å². The number of rotatable bonds is 7. The van der Waals surface area contributed by atoms with Crippen molar-refractivity contribution in [1.29, 1.82) is 0 Å². The van der Waals surface area contributed by atoms with Gasteiger partial charge in [-0.2, -0.15) is 0 Å². The van der Waals surface area contributed by atoms with Gasteiger partial charge in [0.25, 0.3) is 5.91 Å². The summed E-state index contributed by atoms with van der Waals surface area (Å²) in [4.78, 5) is 19.7. The summed E-state index contributed by atoms with van der Waals surface area (Å²) < 4.78 is 18.1. The lowest BCUT2D eigenvalue weighted by Gasteiger charge is -2.09. The number of nitrogens with zero attached hydrogens (tertiary/aromatic N) is 1. The highest BCUT2D eigenvalue weighted by Crippen LogP contribution is 2.45. The number of amides is 1. The van der Waals surface area contributed by atoms with Gasteiger partial charge in [-0.3, -0.25) is 4.79 Å². The number of nitrogens with one attached hydrogen (secondary N) is 1. The minimum Gasteiger partial charge on any atom is -0.457 e. The molecule has 0 spiro atoms. The molecule has 2 aromatic heterocycles. The Balaban J connectivity index is 1.23. The Morgan fingerprint density at radius 1 is 0.878 bits per heavy atom. The van der Waals surface area contributed by atoms with E-state index in [0.717, 1.165) is 53.3 Å². The molecule has 0 unspecified atom stereocenters. The van der Waals surface area contributed by atoms with Crippen molar-refractivity contribution in [3.05, 3.63) is 119 Å². The molecule has 0 fully saturated rings. The number of ether oxygens (including phenoxy) is 3. The number of benzene rings is 4. The molecule has 0 bridgehead atoms. The van der Waals surface area contributed by atoms with Gasteiger partial charge in [0.2, 0.25) is 6.79 Å². The van der Waals surface area contributed by atoms with Gasteiger partial charge in [0.05, 0.1) is 10.2 Å². The molecule has 8 heteroatoms. The van der Waals surface area contributed by atoms with Crippen molar-refractivity contribution in [2.75, 3.05) is 12.1 Å². The van der Waals surface area contributed by atoms with Crippen LogP contribution < -0.4 is 19.5 Å². The number of anilines is 1. The van der Waals surface area contributed by atoms with Crippen LogP contribution in [0.5, 0.6) is 23.0 Å². The molecular formula is C33H24N2O4S2. The van der Waals surface area contributed by atoms with E-state index >= 15 is 0 Å². The lowest BCUT2D eigenvalue weighted by molar-refractivity contribution is 0.102. The van der Waals surface area contributed by atoms with E-state index in [4.69, 9.17) is 19.2 Å². The third kappa shape index (κ3) is 5.15. The smallest absolute Gasteiger partial charge is 0.256 e. The number of para-hydroxylation sites is 2. The fourth-order valence-electron chi connectivity index (χ4n) is 4.79. The van der Waals surface area contributed by atoms with Gasteiger partial charge in [0.1, 0.15) is 21.5 Å². The predicted molar refractivity (Wildman–Crippen MR) is 164 cm³/mol. The van der Waals surface area contributed by atoms with Gasteiger partial charge in [0.15, 0.2) is 11.5 Å². The van der Waals surface area contributed by atoms with Crippen LogP contribution in [0.4, 0.5) is 5.00 Å². The lowest BCUT2D eigenvalue weighted by Crippen LogP contribution is -2.11. The van der Waals surface area contributed by atoms with E-state index < -0.39 is 0 Å². The Hall–Kier alpha value is -4.66. The summed E-state index contributed by atoms with van der Waals surface area (Å²) in [5.74, 6) is 2.63. The lowest BCUT2D eigenvalue weighted by atomic mass is 10.1. The highest BCUT2D eigenvalue weighted by atomic mass is 32.1. The topological polar surface area (TPSA) is 69.7 Å². The Labute approximate surface area is 244 Å². The second-order valence-electron chi connectivity index (χ2n) is 9.60. The number of thiophene rings is 1. The predicted octanol–water partition coefficient (Wildman–Crippen LogP) is 8.70. The van der Waals surface area contributed by atoms with E-state index in [9.17, 15) is 4.79 Å². The van der Waals surface area contributed by atoms with Crippen molar-refractivity contribution < 1.29 is 19.0 Å². The molecular weight excluding hydrogens is 553 g/mol. The Bertz CT molecular complexity index is 1860. The molecule has 0 saturated carbocycles. The average molecular weight is 577 g/mol. The minimum atomic E-state index is -0.207. The quantitative estimate of drug-likeness (QED) is 0.206. The zero-order chi connectivity index (χ0) is 27.8. The molecule has 41 heavy (non-hydrogen) atoms. The van der Waals surface area contributed by atoms with Crippen molar-refractivity contribution in [1.82, 2.24) is 4.98 Å². The fraction of sp³-hybridized carbons (Fsp3) is 0.0909. The molecule has 6 nitrogen and oxygen atoms in total. The van der Waals surface area contributed by atoms with Crippen molar-refractivity contribution in [3.8, 4) is 33.6 Å². The molecule has 6 aromatic rings. The highest BCUT2D eigenvalue weighted by Gasteiger charge is 2.23. The first-order chi connectivity index (χ1) is 20.1. The maximum atomic E-state index is 13.6. The highest BCUT2D eigenvalue weighted by molar-refractivity contribution is 7.23. The van der Waals surface area contributed by atoms with Crippen LogP contribution >= 0.6 is 22.7 Å². The van der Waals surface area contributed by atoms with Crippen molar-refractivity contribution in [3.63, 3.8) is 0 Å². The number of fused-ring (bicyclic) bond motifs is 2. The fourth-order valence-corrected chi connectivity index (χ4v) is 7.17. The second-order valence-corrected chi connectivity index (χ2v) is 11.7. The van der Waals surface area contributed by atoms with Crippen LogP contribution in [0.2, 0.25) is 0 Å². The Morgan fingerprint density at radius 2 is 1.68 bits per heavy atom. The molecule has 1 amide bonds. The molecule has 202 valence electrons. The van der Waals surface area contributed by atoms with Gasteiger partial charge in [-0.15, -0.1) is 22.7 Å². The number of thiazole rings is 1. The zero-order valence-electron chi connectivity index (χ0n) is 22.0. The van der Waals surface area contributed by atoms with Crippen LogP contribution in [0.3, 0.4) is 0 Å². The third-order valence-corrected chi connectivity index (χ3v) is 9.12. The Morgan fingerprint density at radius 3 is 2.56 bits per heavy atom. The van der Waals surface area contributed by atoms with E-state index in [1.54, 1.807) is 34.8 Å². The number of carbonyl (C=O) groups is 1. The summed E-state index contributed by atoms with van der Waals surface area (Å²) in [5, 5.41) is 4.85. The molecule has 0 atom stereocenters. The van der Waals surface area contributed by atoms with Crippen LogP contribution in [-0.4, -0.2) is 17.7 Å². The molecule has 1 N–H and O–H groups in total. The summed E-state index contributed by atoms with van der Waals surface area (Å²) in [6.45, 7) is 2.34. The van der Waals surface area contributed by atoms with E-state index in [-0.39, 0.29) is 12.7 Å². The molecule has 0 aliphatic carbocycles. The zero-order valence-corrected chi connectivity index (χ0v) is 23.7. The van der Waals surface area contributed by atoms with Gasteiger partial charge in [-0.1, -0.05) is 42.5 Å². The summed E-state index contributed by atoms with van der Waals surface area (Å²) in [6.07, 6.45) is 0.696. The molecule has 1 aliphatic heterocycles. The standard InChI is InChI=1S/C33H24N2O4S2/c1-20-29(17-21-14-15-26-27(16-21)38-19-37-26)41-33(30(20)32-34-25-12-5-6-13-28(25)40-32)35-31(36)22-8-7-11-24(18-22)39-23-9-3-2-4-10-23/h2-16,18H,17,19H2,1H3,(H,35,36). The largest absolute Gasteiger partial charge is 0.457 e. The SMILES string of the molecule is Cc1c(Cc2ccc3c(c2)OCO3)sc(NC(=O)c2cccc(Oc3ccccc3)c2)c1-c1nc2ccccc2s1. The van der Waals surface area contributed by atoms with Crippen LogP contribution in [0.15, 0.2) is 97.1 Å². The van der Waals surface area contributed by atoms with E-state index in [1.165, 1.54) is 0 Å². The van der Waals surface area contributed by atoms with Crippen LogP contribution in [0.1, 0.15) is 26.4 Å².